The second-order valence-electron chi connectivity index (χ2n) is 5.77. The molecule has 1 aliphatic carbocycles. The van der Waals surface area contributed by atoms with Crippen molar-refractivity contribution in [2.24, 2.45) is 0 Å². The van der Waals surface area contributed by atoms with Gasteiger partial charge in [-0.1, -0.05) is 24.3 Å². The Kier molecular flexibility index (Phi) is 4.36. The molecule has 20 heavy (non-hydrogen) atoms. The molecule has 1 aliphatic heterocycles. The first-order chi connectivity index (χ1) is 9.79. The van der Waals surface area contributed by atoms with Gasteiger partial charge < -0.3 is 14.9 Å². The Hall–Kier alpha value is -0.940. The Morgan fingerprint density at radius 1 is 1.30 bits per heavy atom. The summed E-state index contributed by atoms with van der Waals surface area (Å²) in [5, 5.41) is 19.4. The summed E-state index contributed by atoms with van der Waals surface area (Å²) in [4.78, 5) is 2.36. The van der Waals surface area contributed by atoms with Crippen molar-refractivity contribution in [1.82, 2.24) is 4.90 Å². The number of benzene rings is 1. The van der Waals surface area contributed by atoms with Crippen LogP contribution < -0.4 is 0 Å². The molecule has 1 fully saturated rings. The van der Waals surface area contributed by atoms with Crippen molar-refractivity contribution >= 4 is 0 Å². The van der Waals surface area contributed by atoms with Gasteiger partial charge in [0.1, 0.15) is 0 Å². The van der Waals surface area contributed by atoms with E-state index in [1.54, 1.807) is 0 Å². The molecule has 3 atom stereocenters. The van der Waals surface area contributed by atoms with Gasteiger partial charge in [-0.15, -0.1) is 0 Å². The Balaban J connectivity index is 1.65. The first-order valence-electron chi connectivity index (χ1n) is 7.52. The van der Waals surface area contributed by atoms with Gasteiger partial charge in [0.15, 0.2) is 0 Å². The van der Waals surface area contributed by atoms with E-state index in [4.69, 9.17) is 9.84 Å². The van der Waals surface area contributed by atoms with Crippen LogP contribution in [0.4, 0.5) is 0 Å². The molecule has 1 saturated heterocycles. The summed E-state index contributed by atoms with van der Waals surface area (Å²) >= 11 is 0. The highest BCUT2D eigenvalue weighted by Crippen LogP contribution is 2.35. The molecule has 0 bridgehead atoms. The summed E-state index contributed by atoms with van der Waals surface area (Å²) in [6.07, 6.45) is 2.86. The minimum absolute atomic E-state index is 0.0774. The van der Waals surface area contributed by atoms with E-state index in [-0.39, 0.29) is 24.9 Å². The highest BCUT2D eigenvalue weighted by molar-refractivity contribution is 5.35. The van der Waals surface area contributed by atoms with Crippen LogP contribution in [0.3, 0.4) is 0 Å². The fourth-order valence-electron chi connectivity index (χ4n) is 3.50. The van der Waals surface area contributed by atoms with Crippen molar-refractivity contribution in [3.63, 3.8) is 0 Å². The molecule has 110 valence electrons. The van der Waals surface area contributed by atoms with E-state index in [9.17, 15) is 5.11 Å². The summed E-state index contributed by atoms with van der Waals surface area (Å²) < 4.78 is 5.66. The molecular formula is C16H23NO3. The third-order valence-electron chi connectivity index (χ3n) is 4.49. The lowest BCUT2D eigenvalue weighted by Gasteiger charge is -2.37. The minimum Gasteiger partial charge on any atom is -0.394 e. The summed E-state index contributed by atoms with van der Waals surface area (Å²) in [6.45, 7) is 2.37. The van der Waals surface area contributed by atoms with Gasteiger partial charge in [0, 0.05) is 12.6 Å². The fraction of sp³-hybridized carbons (Fsp3) is 0.625. The SMILES string of the molecule is OCCO[C@@H]1CCCN([C@H]2Cc3ccccc3[C@H]2O)C1. The summed E-state index contributed by atoms with van der Waals surface area (Å²) in [7, 11) is 0. The van der Waals surface area contributed by atoms with E-state index in [0.29, 0.717) is 6.61 Å². The summed E-state index contributed by atoms with van der Waals surface area (Å²) in [5.41, 5.74) is 2.35. The van der Waals surface area contributed by atoms with Gasteiger partial charge in [-0.3, -0.25) is 4.90 Å². The van der Waals surface area contributed by atoms with Crippen LogP contribution in [0.1, 0.15) is 30.1 Å². The molecule has 1 aromatic carbocycles. The van der Waals surface area contributed by atoms with Crippen molar-refractivity contribution in [2.45, 2.75) is 37.5 Å². The molecular weight excluding hydrogens is 254 g/mol. The monoisotopic (exact) mass is 277 g/mol. The molecule has 3 rings (SSSR count). The van der Waals surface area contributed by atoms with Gasteiger partial charge in [0.05, 0.1) is 25.4 Å². The number of nitrogens with zero attached hydrogens (tertiary/aromatic N) is 1. The molecule has 4 nitrogen and oxygen atoms in total. The van der Waals surface area contributed by atoms with E-state index >= 15 is 0 Å². The molecule has 0 radical (unpaired) electrons. The van der Waals surface area contributed by atoms with Crippen LogP contribution in [-0.4, -0.2) is 53.6 Å². The maximum Gasteiger partial charge on any atom is 0.0951 e. The van der Waals surface area contributed by atoms with Gasteiger partial charge in [-0.05, 0) is 36.9 Å². The maximum absolute atomic E-state index is 10.5. The number of aliphatic hydroxyl groups excluding tert-OH is 2. The zero-order chi connectivity index (χ0) is 13.9. The molecule has 0 spiro atoms. The summed E-state index contributed by atoms with van der Waals surface area (Å²) in [6, 6.07) is 8.35. The van der Waals surface area contributed by atoms with Gasteiger partial charge in [-0.25, -0.2) is 0 Å². The number of aliphatic hydroxyl groups is 2. The average molecular weight is 277 g/mol. The van der Waals surface area contributed by atoms with Gasteiger partial charge >= 0.3 is 0 Å². The van der Waals surface area contributed by atoms with E-state index in [1.807, 2.05) is 18.2 Å². The number of rotatable bonds is 4. The zero-order valence-corrected chi connectivity index (χ0v) is 11.7. The van der Waals surface area contributed by atoms with Crippen molar-refractivity contribution in [2.75, 3.05) is 26.3 Å². The van der Waals surface area contributed by atoms with E-state index in [0.717, 1.165) is 37.9 Å². The van der Waals surface area contributed by atoms with Crippen LogP contribution in [-0.2, 0) is 11.2 Å². The number of piperidine rings is 1. The quantitative estimate of drug-likeness (QED) is 0.866. The van der Waals surface area contributed by atoms with Gasteiger partial charge in [0.2, 0.25) is 0 Å². The lowest BCUT2D eigenvalue weighted by atomic mass is 10.0. The highest BCUT2D eigenvalue weighted by Gasteiger charge is 2.36. The molecule has 0 saturated carbocycles. The predicted molar refractivity (Wildman–Crippen MR) is 76.5 cm³/mol. The van der Waals surface area contributed by atoms with E-state index in [1.165, 1.54) is 5.56 Å². The van der Waals surface area contributed by atoms with Crippen LogP contribution >= 0.6 is 0 Å². The molecule has 4 heteroatoms. The highest BCUT2D eigenvalue weighted by atomic mass is 16.5. The molecule has 0 aromatic heterocycles. The lowest BCUT2D eigenvalue weighted by Crippen LogP contribution is -2.47. The number of fused-ring (bicyclic) bond motifs is 1. The normalized spacial score (nSPS) is 30.4. The predicted octanol–water partition coefficient (Wildman–Crippen LogP) is 1.12. The molecule has 0 amide bonds. The third-order valence-corrected chi connectivity index (χ3v) is 4.49. The van der Waals surface area contributed by atoms with Crippen LogP contribution in [0.5, 0.6) is 0 Å². The standard InChI is InChI=1S/C16H23NO3/c18-8-9-20-13-5-3-7-17(11-13)15-10-12-4-1-2-6-14(12)16(15)19/h1-2,4,6,13,15-16,18-19H,3,5,7-11H2/t13-,15+,16-/m1/s1. The fourth-order valence-corrected chi connectivity index (χ4v) is 3.50. The largest absolute Gasteiger partial charge is 0.394 e. The first-order valence-corrected chi connectivity index (χ1v) is 7.52. The van der Waals surface area contributed by atoms with Gasteiger partial charge in [0.25, 0.3) is 0 Å². The van der Waals surface area contributed by atoms with Crippen molar-refractivity contribution in [3.05, 3.63) is 35.4 Å². The van der Waals surface area contributed by atoms with E-state index < -0.39 is 0 Å². The van der Waals surface area contributed by atoms with Crippen molar-refractivity contribution in [3.8, 4) is 0 Å². The van der Waals surface area contributed by atoms with Gasteiger partial charge in [-0.2, -0.15) is 0 Å². The van der Waals surface area contributed by atoms with Crippen LogP contribution in [0.2, 0.25) is 0 Å². The number of ether oxygens (including phenoxy) is 1. The molecule has 2 aliphatic rings. The minimum atomic E-state index is -0.386. The maximum atomic E-state index is 10.5. The van der Waals surface area contributed by atoms with Crippen molar-refractivity contribution in [1.29, 1.82) is 0 Å². The summed E-state index contributed by atoms with van der Waals surface area (Å²) in [5.74, 6) is 0. The molecule has 2 N–H and O–H groups in total. The number of likely N-dealkylation sites (tertiary alicyclic amines) is 1. The Morgan fingerprint density at radius 2 is 2.15 bits per heavy atom. The molecule has 1 heterocycles. The Bertz CT molecular complexity index is 451. The third kappa shape index (κ3) is 2.74. The van der Waals surface area contributed by atoms with Crippen LogP contribution in [0, 0.1) is 0 Å². The second-order valence-corrected chi connectivity index (χ2v) is 5.77. The smallest absolute Gasteiger partial charge is 0.0951 e. The first kappa shape index (κ1) is 14.0. The van der Waals surface area contributed by atoms with Crippen molar-refractivity contribution < 1.29 is 14.9 Å². The van der Waals surface area contributed by atoms with Crippen LogP contribution in [0.25, 0.3) is 0 Å². The number of hydrogen-bond acceptors (Lipinski definition) is 4. The number of hydrogen-bond donors (Lipinski definition) is 2. The lowest BCUT2D eigenvalue weighted by molar-refractivity contribution is -0.0407. The zero-order valence-electron chi connectivity index (χ0n) is 11.7. The molecule has 1 aromatic rings. The Morgan fingerprint density at radius 3 is 2.95 bits per heavy atom. The topological polar surface area (TPSA) is 52.9 Å². The van der Waals surface area contributed by atoms with E-state index in [2.05, 4.69) is 11.0 Å². The second kappa shape index (κ2) is 6.22. The molecule has 0 unspecified atom stereocenters. The van der Waals surface area contributed by atoms with Crippen LogP contribution in [0.15, 0.2) is 24.3 Å². The average Bonchev–Trinajstić information content (AvgIpc) is 2.83. The Labute approximate surface area is 120 Å².